The molecule has 0 saturated heterocycles. The fraction of sp³-hybridized carbons (Fsp3) is 0.533. The van der Waals surface area contributed by atoms with Crippen LogP contribution >= 0.6 is 0 Å². The Kier molecular flexibility index (Phi) is 6.20. The van der Waals surface area contributed by atoms with Gasteiger partial charge < -0.3 is 10.5 Å². The van der Waals surface area contributed by atoms with E-state index in [4.69, 9.17) is 5.73 Å². The van der Waals surface area contributed by atoms with E-state index in [2.05, 4.69) is 4.74 Å². The molecule has 0 spiro atoms. The van der Waals surface area contributed by atoms with Crippen LogP contribution in [0.15, 0.2) is 24.3 Å². The number of esters is 1. The minimum Gasteiger partial charge on any atom is -0.468 e. The van der Waals surface area contributed by atoms with Gasteiger partial charge in [0.05, 0.1) is 12.7 Å². The van der Waals surface area contributed by atoms with Crippen LogP contribution in [0.25, 0.3) is 0 Å². The van der Waals surface area contributed by atoms with Crippen LogP contribution in [0, 0.1) is 5.92 Å². The van der Waals surface area contributed by atoms with E-state index in [1.807, 2.05) is 6.92 Å². The van der Waals surface area contributed by atoms with Gasteiger partial charge in [0.2, 0.25) is 0 Å². The zero-order valence-electron chi connectivity index (χ0n) is 12.1. The van der Waals surface area contributed by atoms with Gasteiger partial charge in [-0.1, -0.05) is 25.1 Å². The lowest BCUT2D eigenvalue weighted by Gasteiger charge is -2.16. The van der Waals surface area contributed by atoms with Gasteiger partial charge in [-0.15, -0.1) is 0 Å². The second kappa shape index (κ2) is 7.45. The Morgan fingerprint density at radius 3 is 2.62 bits per heavy atom. The Labute approximate surface area is 122 Å². The molecule has 6 heteroatoms. The van der Waals surface area contributed by atoms with Gasteiger partial charge in [0.15, 0.2) is 0 Å². The highest BCUT2D eigenvalue weighted by atomic mass is 19.4. The van der Waals surface area contributed by atoms with Crippen molar-refractivity contribution in [1.29, 1.82) is 0 Å². The Bertz CT molecular complexity index is 474. The Morgan fingerprint density at radius 2 is 2.05 bits per heavy atom. The number of rotatable bonds is 6. The number of alkyl halides is 3. The smallest absolute Gasteiger partial charge is 0.416 e. The highest BCUT2D eigenvalue weighted by molar-refractivity contribution is 5.75. The first kappa shape index (κ1) is 17.5. The number of hydrogen-bond acceptors (Lipinski definition) is 3. The van der Waals surface area contributed by atoms with Crippen LogP contribution in [0.5, 0.6) is 0 Å². The average Bonchev–Trinajstić information content (AvgIpc) is 2.43. The van der Waals surface area contributed by atoms with E-state index in [0.717, 1.165) is 12.1 Å². The summed E-state index contributed by atoms with van der Waals surface area (Å²) in [5.74, 6) is -0.352. The maximum atomic E-state index is 12.6. The van der Waals surface area contributed by atoms with Crippen molar-refractivity contribution in [1.82, 2.24) is 0 Å². The molecule has 0 saturated carbocycles. The summed E-state index contributed by atoms with van der Waals surface area (Å²) in [4.78, 5) is 11.2. The summed E-state index contributed by atoms with van der Waals surface area (Å²) in [6.45, 7) is 1.91. The predicted molar refractivity (Wildman–Crippen MR) is 73.5 cm³/mol. The molecule has 2 N–H and O–H groups in total. The summed E-state index contributed by atoms with van der Waals surface area (Å²) < 4.78 is 42.3. The molecular formula is C15H20F3NO2. The summed E-state index contributed by atoms with van der Waals surface area (Å²) in [6, 6.07) is 4.60. The van der Waals surface area contributed by atoms with Gasteiger partial charge >= 0.3 is 12.1 Å². The normalized spacial score (nSPS) is 14.6. The molecule has 21 heavy (non-hydrogen) atoms. The van der Waals surface area contributed by atoms with Crippen molar-refractivity contribution in [2.24, 2.45) is 11.7 Å². The molecule has 0 bridgehead atoms. The molecule has 0 aliphatic heterocycles. The molecule has 2 unspecified atom stereocenters. The number of methoxy groups -OCH3 is 1. The van der Waals surface area contributed by atoms with Crippen LogP contribution < -0.4 is 5.73 Å². The SMILES string of the molecule is COC(=O)C(N)CC(C)CCc1cccc(C(F)(F)F)c1. The standard InChI is InChI=1S/C15H20F3NO2/c1-10(8-13(19)14(20)21-2)6-7-11-4-3-5-12(9-11)15(16,17)18/h3-5,9-10,13H,6-8,19H2,1-2H3. The van der Waals surface area contributed by atoms with Gasteiger partial charge in [-0.2, -0.15) is 13.2 Å². The summed E-state index contributed by atoms with van der Waals surface area (Å²) >= 11 is 0. The molecule has 0 aliphatic carbocycles. The molecular weight excluding hydrogens is 283 g/mol. The Balaban J connectivity index is 2.54. The summed E-state index contributed by atoms with van der Waals surface area (Å²) in [5.41, 5.74) is 5.64. The third kappa shape index (κ3) is 5.75. The molecule has 3 nitrogen and oxygen atoms in total. The van der Waals surface area contributed by atoms with E-state index < -0.39 is 23.8 Å². The number of ether oxygens (including phenoxy) is 1. The van der Waals surface area contributed by atoms with E-state index in [9.17, 15) is 18.0 Å². The van der Waals surface area contributed by atoms with E-state index in [1.54, 1.807) is 6.07 Å². The molecule has 0 amide bonds. The van der Waals surface area contributed by atoms with Crippen LogP contribution in [0.2, 0.25) is 0 Å². The van der Waals surface area contributed by atoms with Crippen molar-refractivity contribution in [3.05, 3.63) is 35.4 Å². The van der Waals surface area contributed by atoms with Crippen molar-refractivity contribution in [3.63, 3.8) is 0 Å². The number of nitrogens with two attached hydrogens (primary N) is 1. The van der Waals surface area contributed by atoms with Crippen LogP contribution in [0.4, 0.5) is 13.2 Å². The molecule has 0 aromatic heterocycles. The molecule has 118 valence electrons. The first-order valence-electron chi connectivity index (χ1n) is 6.73. The lowest BCUT2D eigenvalue weighted by atomic mass is 9.94. The lowest BCUT2D eigenvalue weighted by Crippen LogP contribution is -2.33. The number of benzene rings is 1. The van der Waals surface area contributed by atoms with Crippen molar-refractivity contribution >= 4 is 5.97 Å². The molecule has 0 radical (unpaired) electrons. The minimum absolute atomic E-state index is 0.119. The third-order valence-corrected chi connectivity index (χ3v) is 3.34. The van der Waals surface area contributed by atoms with E-state index in [-0.39, 0.29) is 5.92 Å². The van der Waals surface area contributed by atoms with Crippen molar-refractivity contribution in [2.75, 3.05) is 7.11 Å². The fourth-order valence-electron chi connectivity index (χ4n) is 2.12. The van der Waals surface area contributed by atoms with Gasteiger partial charge in [-0.25, -0.2) is 0 Å². The zero-order valence-corrected chi connectivity index (χ0v) is 12.1. The van der Waals surface area contributed by atoms with Crippen LogP contribution in [-0.2, 0) is 22.1 Å². The average molecular weight is 303 g/mol. The number of halogens is 3. The Morgan fingerprint density at radius 1 is 1.38 bits per heavy atom. The number of aryl methyl sites for hydroxylation is 1. The highest BCUT2D eigenvalue weighted by Crippen LogP contribution is 2.30. The van der Waals surface area contributed by atoms with Gasteiger partial charge in [0, 0.05) is 0 Å². The summed E-state index contributed by atoms with van der Waals surface area (Å²) in [6.07, 6.45) is -2.70. The molecule has 1 aromatic carbocycles. The van der Waals surface area contributed by atoms with E-state index in [1.165, 1.54) is 13.2 Å². The molecule has 0 aliphatic rings. The second-order valence-corrected chi connectivity index (χ2v) is 5.21. The topological polar surface area (TPSA) is 52.3 Å². The zero-order chi connectivity index (χ0) is 16.0. The molecule has 1 rings (SSSR count). The Hall–Kier alpha value is -1.56. The predicted octanol–water partition coefficient (Wildman–Crippen LogP) is 3.16. The molecule has 1 aromatic rings. The maximum Gasteiger partial charge on any atom is 0.416 e. The van der Waals surface area contributed by atoms with Gasteiger partial charge in [0.25, 0.3) is 0 Å². The summed E-state index contributed by atoms with van der Waals surface area (Å²) in [5, 5.41) is 0. The third-order valence-electron chi connectivity index (χ3n) is 3.34. The van der Waals surface area contributed by atoms with E-state index >= 15 is 0 Å². The van der Waals surface area contributed by atoms with Gasteiger partial charge in [-0.3, -0.25) is 4.79 Å². The van der Waals surface area contributed by atoms with Crippen LogP contribution in [-0.4, -0.2) is 19.1 Å². The second-order valence-electron chi connectivity index (χ2n) is 5.21. The monoisotopic (exact) mass is 303 g/mol. The van der Waals surface area contributed by atoms with Gasteiger partial charge in [0.1, 0.15) is 6.04 Å². The quantitative estimate of drug-likeness (QED) is 0.821. The van der Waals surface area contributed by atoms with Crippen LogP contribution in [0.1, 0.15) is 30.9 Å². The maximum absolute atomic E-state index is 12.6. The fourth-order valence-corrected chi connectivity index (χ4v) is 2.12. The molecule has 2 atom stereocenters. The lowest BCUT2D eigenvalue weighted by molar-refractivity contribution is -0.142. The largest absolute Gasteiger partial charge is 0.468 e. The molecule has 0 fully saturated rings. The first-order valence-corrected chi connectivity index (χ1v) is 6.73. The first-order chi connectivity index (χ1) is 9.74. The minimum atomic E-state index is -4.32. The van der Waals surface area contributed by atoms with Crippen molar-refractivity contribution < 1.29 is 22.7 Å². The summed E-state index contributed by atoms with van der Waals surface area (Å²) in [7, 11) is 1.27. The van der Waals surface area contributed by atoms with Crippen LogP contribution in [0.3, 0.4) is 0 Å². The highest BCUT2D eigenvalue weighted by Gasteiger charge is 2.30. The number of carbonyl (C=O) groups excluding carboxylic acids is 1. The number of carbonyl (C=O) groups is 1. The van der Waals surface area contributed by atoms with E-state index in [0.29, 0.717) is 24.8 Å². The van der Waals surface area contributed by atoms with Gasteiger partial charge in [-0.05, 0) is 36.8 Å². The van der Waals surface area contributed by atoms with Crippen molar-refractivity contribution in [3.8, 4) is 0 Å². The van der Waals surface area contributed by atoms with Crippen molar-refractivity contribution in [2.45, 2.75) is 38.4 Å². The number of hydrogen-bond donors (Lipinski definition) is 1. The molecule has 0 heterocycles.